The van der Waals surface area contributed by atoms with Gasteiger partial charge in [0.2, 0.25) is 0 Å². The van der Waals surface area contributed by atoms with E-state index in [4.69, 9.17) is 11.6 Å². The van der Waals surface area contributed by atoms with Crippen molar-refractivity contribution in [3.63, 3.8) is 0 Å². The van der Waals surface area contributed by atoms with E-state index in [9.17, 15) is 9.59 Å². The number of halogens is 1. The number of carbonyl (C=O) groups is 1. The van der Waals surface area contributed by atoms with Crippen LogP contribution in [0.2, 0.25) is 4.34 Å². The maximum absolute atomic E-state index is 11.9. The van der Waals surface area contributed by atoms with Gasteiger partial charge in [-0.25, -0.2) is 9.89 Å². The second-order valence-electron chi connectivity index (χ2n) is 4.23. The lowest BCUT2D eigenvalue weighted by molar-refractivity contribution is 0.102. The molecule has 2 heterocycles. The van der Waals surface area contributed by atoms with Crippen molar-refractivity contribution in [3.05, 3.63) is 31.8 Å². The number of carbonyl (C=O) groups excluding carboxylic acids is 1. The molecular formula is C11H10ClN3O2S2. The van der Waals surface area contributed by atoms with Gasteiger partial charge in [0.05, 0.1) is 15.0 Å². The lowest BCUT2D eigenvalue weighted by atomic mass is 10.4. The highest BCUT2D eigenvalue weighted by molar-refractivity contribution is 7.99. The smallest absolute Gasteiger partial charge is 0.292 e. The van der Waals surface area contributed by atoms with Gasteiger partial charge in [0.25, 0.3) is 0 Å². The summed E-state index contributed by atoms with van der Waals surface area (Å²) in [6, 6.07) is 3.67. The molecule has 3 rings (SSSR count). The van der Waals surface area contributed by atoms with Gasteiger partial charge < -0.3 is 0 Å². The number of nitrogens with zero attached hydrogens (tertiary/aromatic N) is 2. The predicted molar refractivity (Wildman–Crippen MR) is 75.5 cm³/mol. The molecule has 8 heteroatoms. The molecule has 19 heavy (non-hydrogen) atoms. The van der Waals surface area contributed by atoms with Crippen LogP contribution in [0.1, 0.15) is 28.6 Å². The summed E-state index contributed by atoms with van der Waals surface area (Å²) in [6.45, 7) is 0. The average Bonchev–Trinajstić information content (AvgIpc) is 3.02. The van der Waals surface area contributed by atoms with Crippen LogP contribution < -0.4 is 5.69 Å². The molecule has 1 aliphatic carbocycles. The molecule has 2 aromatic rings. The molecule has 1 fully saturated rings. The molecule has 1 aliphatic rings. The molecule has 0 unspecified atom stereocenters. The molecule has 0 atom stereocenters. The number of rotatable bonds is 5. The van der Waals surface area contributed by atoms with Crippen LogP contribution in [0.25, 0.3) is 0 Å². The molecule has 0 aromatic carbocycles. The van der Waals surface area contributed by atoms with Gasteiger partial charge in [-0.05, 0) is 25.0 Å². The van der Waals surface area contributed by atoms with Gasteiger partial charge in [0, 0.05) is 6.04 Å². The van der Waals surface area contributed by atoms with Gasteiger partial charge in [-0.2, -0.15) is 0 Å². The Hall–Kier alpha value is -1.05. The first kappa shape index (κ1) is 13.0. The largest absolute Gasteiger partial charge is 0.344 e. The van der Waals surface area contributed by atoms with Crippen LogP contribution in [-0.4, -0.2) is 26.3 Å². The number of nitrogens with one attached hydrogen (secondary N) is 1. The number of H-pyrrole nitrogens is 1. The first-order valence-corrected chi connectivity index (χ1v) is 7.91. The van der Waals surface area contributed by atoms with E-state index in [1.165, 1.54) is 23.1 Å². The van der Waals surface area contributed by atoms with E-state index in [1.54, 1.807) is 16.7 Å². The summed E-state index contributed by atoms with van der Waals surface area (Å²) in [6.07, 6.45) is 2.00. The van der Waals surface area contributed by atoms with Gasteiger partial charge in [-0.1, -0.05) is 23.4 Å². The minimum Gasteiger partial charge on any atom is -0.292 e. The fourth-order valence-corrected chi connectivity index (χ4v) is 3.68. The van der Waals surface area contributed by atoms with Crippen molar-refractivity contribution in [1.29, 1.82) is 0 Å². The highest BCUT2D eigenvalue weighted by atomic mass is 35.5. The Bertz CT molecular complexity index is 672. The summed E-state index contributed by atoms with van der Waals surface area (Å²) in [4.78, 5) is 24.1. The second kappa shape index (κ2) is 5.15. The van der Waals surface area contributed by atoms with Crippen molar-refractivity contribution in [2.24, 2.45) is 0 Å². The minimum absolute atomic E-state index is 0.000282. The zero-order valence-electron chi connectivity index (χ0n) is 9.76. The van der Waals surface area contributed by atoms with E-state index < -0.39 is 0 Å². The fourth-order valence-electron chi connectivity index (χ4n) is 1.71. The number of ketones is 1. The van der Waals surface area contributed by atoms with Crippen molar-refractivity contribution in [1.82, 2.24) is 14.8 Å². The van der Waals surface area contributed by atoms with E-state index in [0.717, 1.165) is 12.8 Å². The summed E-state index contributed by atoms with van der Waals surface area (Å²) >= 11 is 8.34. The van der Waals surface area contributed by atoms with Crippen molar-refractivity contribution in [3.8, 4) is 0 Å². The Morgan fingerprint density at radius 2 is 2.37 bits per heavy atom. The number of thiophene rings is 1. The van der Waals surface area contributed by atoms with Crippen molar-refractivity contribution in [2.75, 3.05) is 5.75 Å². The Balaban J connectivity index is 1.69. The van der Waals surface area contributed by atoms with E-state index in [2.05, 4.69) is 10.2 Å². The summed E-state index contributed by atoms with van der Waals surface area (Å²) in [5.41, 5.74) is -0.198. The quantitative estimate of drug-likeness (QED) is 0.680. The minimum atomic E-state index is -0.198. The van der Waals surface area contributed by atoms with Gasteiger partial charge >= 0.3 is 5.69 Å². The third-order valence-electron chi connectivity index (χ3n) is 2.76. The lowest BCUT2D eigenvalue weighted by Crippen LogP contribution is -2.16. The molecule has 100 valence electrons. The highest BCUT2D eigenvalue weighted by Gasteiger charge is 2.28. The SMILES string of the molecule is O=C(CSc1n[nH]c(=O)n1C1CC1)c1ccc(Cl)s1. The van der Waals surface area contributed by atoms with Crippen LogP contribution >= 0.6 is 34.7 Å². The molecule has 0 aliphatic heterocycles. The van der Waals surface area contributed by atoms with Crippen LogP contribution in [-0.2, 0) is 0 Å². The third kappa shape index (κ3) is 2.77. The Morgan fingerprint density at radius 3 is 3.00 bits per heavy atom. The molecule has 0 amide bonds. The van der Waals surface area contributed by atoms with Crippen LogP contribution in [0, 0.1) is 0 Å². The highest BCUT2D eigenvalue weighted by Crippen LogP contribution is 2.36. The standard InChI is InChI=1S/C11H10ClN3O2S2/c12-9-4-3-8(19-9)7(16)5-18-11-14-13-10(17)15(11)6-1-2-6/h3-4,6H,1-2,5H2,(H,13,17). The third-order valence-corrected chi connectivity index (χ3v) is 4.99. The first-order chi connectivity index (χ1) is 9.15. The number of hydrogen-bond acceptors (Lipinski definition) is 5. The van der Waals surface area contributed by atoms with Crippen LogP contribution in [0.3, 0.4) is 0 Å². The fraction of sp³-hybridized carbons (Fsp3) is 0.364. The number of aromatic nitrogens is 3. The topological polar surface area (TPSA) is 67.8 Å². The molecule has 1 saturated carbocycles. The summed E-state index contributed by atoms with van der Waals surface area (Å²) < 4.78 is 2.24. The Morgan fingerprint density at radius 1 is 1.58 bits per heavy atom. The number of aromatic amines is 1. The molecule has 0 bridgehead atoms. The van der Waals surface area contributed by atoms with Gasteiger partial charge in [0.1, 0.15) is 0 Å². The molecule has 5 nitrogen and oxygen atoms in total. The normalized spacial score (nSPS) is 14.8. The number of thioether (sulfide) groups is 1. The molecule has 0 radical (unpaired) electrons. The zero-order chi connectivity index (χ0) is 13.4. The maximum atomic E-state index is 11.9. The van der Waals surface area contributed by atoms with Crippen LogP contribution in [0.4, 0.5) is 0 Å². The summed E-state index contributed by atoms with van der Waals surface area (Å²) in [5.74, 6) is 0.258. The summed E-state index contributed by atoms with van der Waals surface area (Å²) in [7, 11) is 0. The first-order valence-electron chi connectivity index (χ1n) is 5.73. The molecule has 2 aromatic heterocycles. The van der Waals surface area contributed by atoms with Gasteiger partial charge in [-0.3, -0.25) is 9.36 Å². The summed E-state index contributed by atoms with van der Waals surface area (Å²) in [5, 5.41) is 6.98. The molecule has 1 N–H and O–H groups in total. The molecule has 0 saturated heterocycles. The van der Waals surface area contributed by atoms with Gasteiger partial charge in [0.15, 0.2) is 10.9 Å². The van der Waals surface area contributed by atoms with E-state index in [1.807, 2.05) is 0 Å². The Kier molecular flexibility index (Phi) is 3.51. The van der Waals surface area contributed by atoms with E-state index >= 15 is 0 Å². The van der Waals surface area contributed by atoms with E-state index in [0.29, 0.717) is 14.4 Å². The van der Waals surface area contributed by atoms with Crippen LogP contribution in [0.15, 0.2) is 22.1 Å². The van der Waals surface area contributed by atoms with Gasteiger partial charge in [-0.15, -0.1) is 16.4 Å². The lowest BCUT2D eigenvalue weighted by Gasteiger charge is -2.01. The molecular weight excluding hydrogens is 306 g/mol. The van der Waals surface area contributed by atoms with Crippen LogP contribution in [0.5, 0.6) is 0 Å². The molecule has 0 spiro atoms. The second-order valence-corrected chi connectivity index (χ2v) is 6.89. The van der Waals surface area contributed by atoms with E-state index in [-0.39, 0.29) is 23.3 Å². The average molecular weight is 316 g/mol. The zero-order valence-corrected chi connectivity index (χ0v) is 12.1. The maximum Gasteiger partial charge on any atom is 0.344 e. The monoisotopic (exact) mass is 315 g/mol. The predicted octanol–water partition coefficient (Wildman–Crippen LogP) is 2.60. The Labute approximate surface area is 122 Å². The number of Topliss-reactive ketones (excluding diaryl/α,β-unsaturated/α-hetero) is 1. The van der Waals surface area contributed by atoms with Crippen molar-refractivity contribution < 1.29 is 4.79 Å². The van der Waals surface area contributed by atoms with Crippen molar-refractivity contribution >= 4 is 40.5 Å². The van der Waals surface area contributed by atoms with Crippen molar-refractivity contribution in [2.45, 2.75) is 24.0 Å². The number of hydrogen-bond donors (Lipinski definition) is 1.